The van der Waals surface area contributed by atoms with Gasteiger partial charge in [-0.1, -0.05) is 18.6 Å². The van der Waals surface area contributed by atoms with Crippen molar-refractivity contribution >= 4 is 12.0 Å². The monoisotopic (exact) mass is 313 g/mol. The van der Waals surface area contributed by atoms with E-state index < -0.39 is 0 Å². The van der Waals surface area contributed by atoms with Crippen molar-refractivity contribution in [3.8, 4) is 5.75 Å². The molecule has 3 heteroatoms. The van der Waals surface area contributed by atoms with Gasteiger partial charge in [-0.15, -0.1) is 0 Å². The largest absolute Gasteiger partial charge is 0.494 e. The van der Waals surface area contributed by atoms with E-state index in [0.29, 0.717) is 12.5 Å². The van der Waals surface area contributed by atoms with Gasteiger partial charge in [-0.05, 0) is 74.6 Å². The predicted octanol–water partition coefficient (Wildman–Crippen LogP) is 4.04. The summed E-state index contributed by atoms with van der Waals surface area (Å²) in [6.07, 6.45) is 8.94. The van der Waals surface area contributed by atoms with Gasteiger partial charge in [0.15, 0.2) is 0 Å². The third kappa shape index (κ3) is 3.95. The second kappa shape index (κ2) is 7.20. The minimum absolute atomic E-state index is 0.00848. The molecule has 2 saturated carbocycles. The summed E-state index contributed by atoms with van der Waals surface area (Å²) in [5.41, 5.74) is 1.01. The number of benzene rings is 1. The second-order valence-electron chi connectivity index (χ2n) is 6.97. The average Bonchev–Trinajstić information content (AvgIpc) is 3.17. The highest BCUT2D eigenvalue weighted by atomic mass is 16.5. The van der Waals surface area contributed by atoms with Crippen LogP contribution < -0.4 is 10.1 Å². The molecule has 1 N–H and O–H groups in total. The van der Waals surface area contributed by atoms with Gasteiger partial charge in [-0.3, -0.25) is 4.79 Å². The van der Waals surface area contributed by atoms with Gasteiger partial charge in [0, 0.05) is 12.1 Å². The number of ether oxygens (including phenoxy) is 1. The molecule has 0 heterocycles. The summed E-state index contributed by atoms with van der Waals surface area (Å²) >= 11 is 0. The van der Waals surface area contributed by atoms with Crippen LogP contribution in [0.4, 0.5) is 0 Å². The minimum Gasteiger partial charge on any atom is -0.494 e. The van der Waals surface area contributed by atoms with Gasteiger partial charge in [0.25, 0.3) is 0 Å². The highest BCUT2D eigenvalue weighted by Crippen LogP contribution is 2.49. The van der Waals surface area contributed by atoms with E-state index in [4.69, 9.17) is 4.74 Å². The Bertz CT molecular complexity index is 564. The van der Waals surface area contributed by atoms with Gasteiger partial charge in [0.1, 0.15) is 5.75 Å². The fraction of sp³-hybridized carbons (Fsp3) is 0.550. The van der Waals surface area contributed by atoms with Crippen molar-refractivity contribution < 1.29 is 9.53 Å². The summed E-state index contributed by atoms with van der Waals surface area (Å²) in [5, 5.41) is 3.16. The third-order valence-corrected chi connectivity index (χ3v) is 5.42. The maximum absolute atomic E-state index is 12.1. The first-order chi connectivity index (χ1) is 11.2. The Morgan fingerprint density at radius 2 is 2.09 bits per heavy atom. The van der Waals surface area contributed by atoms with Gasteiger partial charge in [0.05, 0.1) is 6.61 Å². The normalized spacial score (nSPS) is 27.3. The zero-order valence-electron chi connectivity index (χ0n) is 14.1. The molecule has 0 radical (unpaired) electrons. The molecule has 4 atom stereocenters. The summed E-state index contributed by atoms with van der Waals surface area (Å²) in [6, 6.07) is 8.07. The van der Waals surface area contributed by atoms with Gasteiger partial charge < -0.3 is 10.1 Å². The summed E-state index contributed by atoms with van der Waals surface area (Å²) in [4.78, 5) is 12.1. The zero-order chi connectivity index (χ0) is 16.2. The molecule has 0 spiro atoms. The fourth-order valence-corrected chi connectivity index (χ4v) is 4.30. The number of hydrogen-bond donors (Lipinski definition) is 1. The zero-order valence-corrected chi connectivity index (χ0v) is 14.1. The van der Waals surface area contributed by atoms with E-state index in [0.717, 1.165) is 23.1 Å². The van der Waals surface area contributed by atoms with Gasteiger partial charge in [-0.25, -0.2) is 0 Å². The fourth-order valence-electron chi connectivity index (χ4n) is 4.30. The number of carbonyl (C=O) groups is 1. The molecule has 124 valence electrons. The van der Waals surface area contributed by atoms with Crippen LogP contribution in [0.3, 0.4) is 0 Å². The Morgan fingerprint density at radius 3 is 2.70 bits per heavy atom. The van der Waals surface area contributed by atoms with Crippen molar-refractivity contribution in [1.29, 1.82) is 0 Å². The SMILES string of the molecule is CCOc1ccc(C=CC(=O)NC(C)C2CC3CCC2C3)cc1. The molecule has 2 aliphatic carbocycles. The van der Waals surface area contributed by atoms with Crippen LogP contribution >= 0.6 is 0 Å². The Hall–Kier alpha value is -1.77. The quantitative estimate of drug-likeness (QED) is 0.805. The molecule has 23 heavy (non-hydrogen) atoms. The molecular formula is C20H27NO2. The first-order valence-corrected chi connectivity index (χ1v) is 8.87. The molecule has 1 aromatic carbocycles. The van der Waals surface area contributed by atoms with Gasteiger partial charge in [0.2, 0.25) is 5.91 Å². The summed E-state index contributed by atoms with van der Waals surface area (Å²) in [5.74, 6) is 3.30. The molecule has 4 unspecified atom stereocenters. The van der Waals surface area contributed by atoms with Crippen LogP contribution in [0.2, 0.25) is 0 Å². The maximum atomic E-state index is 12.1. The second-order valence-corrected chi connectivity index (χ2v) is 6.97. The van der Waals surface area contributed by atoms with E-state index in [1.54, 1.807) is 6.08 Å². The Kier molecular flexibility index (Phi) is 5.04. The summed E-state index contributed by atoms with van der Waals surface area (Å²) in [6.45, 7) is 4.79. The van der Waals surface area contributed by atoms with E-state index in [2.05, 4.69) is 12.2 Å². The van der Waals surface area contributed by atoms with E-state index >= 15 is 0 Å². The van der Waals surface area contributed by atoms with Gasteiger partial charge >= 0.3 is 0 Å². The van der Waals surface area contributed by atoms with Gasteiger partial charge in [-0.2, -0.15) is 0 Å². The Labute approximate surface area is 139 Å². The number of amides is 1. The molecule has 0 aromatic heterocycles. The molecule has 2 bridgehead atoms. The topological polar surface area (TPSA) is 38.3 Å². The van der Waals surface area contributed by atoms with Crippen molar-refractivity contribution in [2.24, 2.45) is 17.8 Å². The lowest BCUT2D eigenvalue weighted by atomic mass is 9.84. The lowest BCUT2D eigenvalue weighted by Crippen LogP contribution is -2.39. The van der Waals surface area contributed by atoms with Crippen LogP contribution in [-0.2, 0) is 4.79 Å². The summed E-state index contributed by atoms with van der Waals surface area (Å²) < 4.78 is 5.42. The van der Waals surface area contributed by atoms with Crippen molar-refractivity contribution in [1.82, 2.24) is 5.32 Å². The lowest BCUT2D eigenvalue weighted by Gasteiger charge is -2.28. The van der Waals surface area contributed by atoms with Crippen LogP contribution in [0.15, 0.2) is 30.3 Å². The van der Waals surface area contributed by atoms with Crippen molar-refractivity contribution in [3.63, 3.8) is 0 Å². The smallest absolute Gasteiger partial charge is 0.244 e. The average molecular weight is 313 g/mol. The lowest BCUT2D eigenvalue weighted by molar-refractivity contribution is -0.117. The molecule has 1 aromatic rings. The van der Waals surface area contributed by atoms with Crippen LogP contribution in [0.25, 0.3) is 6.08 Å². The number of nitrogens with one attached hydrogen (secondary N) is 1. The first kappa shape index (κ1) is 16.1. The van der Waals surface area contributed by atoms with Crippen molar-refractivity contribution in [2.75, 3.05) is 6.61 Å². The molecule has 3 nitrogen and oxygen atoms in total. The number of fused-ring (bicyclic) bond motifs is 2. The minimum atomic E-state index is 0.00848. The van der Waals surface area contributed by atoms with E-state index in [1.807, 2.05) is 37.3 Å². The van der Waals surface area contributed by atoms with E-state index in [1.165, 1.54) is 25.7 Å². The highest BCUT2D eigenvalue weighted by molar-refractivity contribution is 5.91. The molecule has 1 amide bonds. The van der Waals surface area contributed by atoms with Crippen molar-refractivity contribution in [3.05, 3.63) is 35.9 Å². The molecule has 2 aliphatic rings. The Balaban J connectivity index is 1.50. The van der Waals surface area contributed by atoms with Crippen LogP contribution in [-0.4, -0.2) is 18.6 Å². The van der Waals surface area contributed by atoms with Crippen molar-refractivity contribution in [2.45, 2.75) is 45.6 Å². The molecule has 0 aliphatic heterocycles. The predicted molar refractivity (Wildman–Crippen MR) is 93.2 cm³/mol. The Morgan fingerprint density at radius 1 is 1.30 bits per heavy atom. The third-order valence-electron chi connectivity index (χ3n) is 5.42. The molecule has 0 saturated heterocycles. The standard InChI is InChI=1S/C20H27NO2/c1-3-23-18-9-5-15(6-10-18)7-11-20(22)21-14(2)19-13-16-4-8-17(19)12-16/h5-7,9-11,14,16-17,19H,3-4,8,12-13H2,1-2H3,(H,21,22). The number of hydrogen-bond acceptors (Lipinski definition) is 2. The van der Waals surface area contributed by atoms with E-state index in [9.17, 15) is 4.79 Å². The molecule has 2 fully saturated rings. The number of rotatable bonds is 6. The van der Waals surface area contributed by atoms with Crippen LogP contribution in [0.1, 0.15) is 45.1 Å². The molecule has 3 rings (SSSR count). The van der Waals surface area contributed by atoms with Crippen LogP contribution in [0.5, 0.6) is 5.75 Å². The van der Waals surface area contributed by atoms with Crippen LogP contribution in [0, 0.1) is 17.8 Å². The molecular weight excluding hydrogens is 286 g/mol. The number of carbonyl (C=O) groups excluding carboxylic acids is 1. The highest BCUT2D eigenvalue weighted by Gasteiger charge is 2.41. The maximum Gasteiger partial charge on any atom is 0.244 e. The summed E-state index contributed by atoms with van der Waals surface area (Å²) in [7, 11) is 0. The first-order valence-electron chi connectivity index (χ1n) is 8.87. The van der Waals surface area contributed by atoms with E-state index in [-0.39, 0.29) is 11.9 Å².